The number of nitrogens with zero attached hydrogens (tertiary/aromatic N) is 2. The highest BCUT2D eigenvalue weighted by molar-refractivity contribution is 6.31. The Bertz CT molecular complexity index is 732. The normalized spacial score (nSPS) is 32.0. The van der Waals surface area contributed by atoms with Crippen LogP contribution in [-0.4, -0.2) is 28.9 Å². The molecule has 0 saturated carbocycles. The van der Waals surface area contributed by atoms with Crippen molar-refractivity contribution in [3.63, 3.8) is 0 Å². The van der Waals surface area contributed by atoms with E-state index >= 15 is 0 Å². The van der Waals surface area contributed by atoms with E-state index in [-0.39, 0.29) is 16.4 Å². The van der Waals surface area contributed by atoms with Gasteiger partial charge >= 0.3 is 0 Å². The van der Waals surface area contributed by atoms with E-state index in [2.05, 4.69) is 0 Å². The van der Waals surface area contributed by atoms with Crippen LogP contribution < -0.4 is 4.90 Å². The summed E-state index contributed by atoms with van der Waals surface area (Å²) in [5.74, 6) is -2.12. The zero-order valence-electron chi connectivity index (χ0n) is 11.0. The van der Waals surface area contributed by atoms with Crippen LogP contribution in [0.25, 0.3) is 0 Å². The van der Waals surface area contributed by atoms with Gasteiger partial charge in [0, 0.05) is 11.1 Å². The number of halogens is 1. The minimum Gasteiger partial charge on any atom is -0.365 e. The Morgan fingerprint density at radius 3 is 2.27 bits per heavy atom. The van der Waals surface area contributed by atoms with Crippen molar-refractivity contribution in [3.8, 4) is 0 Å². The van der Waals surface area contributed by atoms with Crippen molar-refractivity contribution in [2.45, 2.75) is 12.2 Å². The van der Waals surface area contributed by atoms with Gasteiger partial charge in [0.25, 0.3) is 5.69 Å². The van der Waals surface area contributed by atoms with Crippen LogP contribution >= 0.6 is 11.6 Å². The summed E-state index contributed by atoms with van der Waals surface area (Å²) in [7, 11) is 0. The molecular weight excluding hydrogens is 312 g/mol. The molecule has 2 fully saturated rings. The lowest BCUT2D eigenvalue weighted by Gasteiger charge is -2.17. The first-order valence-electron chi connectivity index (χ1n) is 6.64. The molecule has 4 atom stereocenters. The highest BCUT2D eigenvalue weighted by atomic mass is 35.5. The number of carbonyl (C=O) groups excluding carboxylic acids is 2. The van der Waals surface area contributed by atoms with Gasteiger partial charge in [0.2, 0.25) is 11.8 Å². The van der Waals surface area contributed by atoms with Gasteiger partial charge in [-0.25, -0.2) is 4.90 Å². The van der Waals surface area contributed by atoms with Crippen LogP contribution in [0, 0.1) is 22.0 Å². The summed E-state index contributed by atoms with van der Waals surface area (Å²) >= 11 is 5.77. The van der Waals surface area contributed by atoms with Gasteiger partial charge in [0.15, 0.2) is 0 Å². The molecule has 2 amide bonds. The van der Waals surface area contributed by atoms with Crippen LogP contribution in [0.2, 0.25) is 5.02 Å². The minimum absolute atomic E-state index is 0.0433. The number of nitro benzene ring substituents is 1. The summed E-state index contributed by atoms with van der Waals surface area (Å²) < 4.78 is 5.53. The maximum absolute atomic E-state index is 12.6. The van der Waals surface area contributed by atoms with Crippen molar-refractivity contribution in [3.05, 3.63) is 45.5 Å². The van der Waals surface area contributed by atoms with Gasteiger partial charge in [-0.1, -0.05) is 23.8 Å². The number of nitro groups is 1. The lowest BCUT2D eigenvalue weighted by molar-refractivity contribution is -0.384. The third kappa shape index (κ3) is 1.60. The molecule has 1 aromatic carbocycles. The zero-order valence-corrected chi connectivity index (χ0v) is 11.8. The van der Waals surface area contributed by atoms with Gasteiger partial charge in [0.05, 0.1) is 29.0 Å². The number of carbonyl (C=O) groups is 2. The summed E-state index contributed by atoms with van der Waals surface area (Å²) in [4.78, 5) is 36.6. The number of amides is 2. The highest BCUT2D eigenvalue weighted by Crippen LogP contribution is 2.47. The number of rotatable bonds is 2. The summed E-state index contributed by atoms with van der Waals surface area (Å²) in [6, 6.07) is 3.88. The number of fused-ring (bicyclic) bond motifs is 5. The van der Waals surface area contributed by atoms with E-state index in [4.69, 9.17) is 16.3 Å². The van der Waals surface area contributed by atoms with Gasteiger partial charge in [-0.2, -0.15) is 0 Å². The van der Waals surface area contributed by atoms with Crippen molar-refractivity contribution in [2.24, 2.45) is 11.8 Å². The molecule has 2 saturated heterocycles. The second kappa shape index (κ2) is 4.37. The van der Waals surface area contributed by atoms with Crippen molar-refractivity contribution >= 4 is 34.8 Å². The Morgan fingerprint density at radius 1 is 1.14 bits per heavy atom. The fourth-order valence-electron chi connectivity index (χ4n) is 3.37. The predicted molar refractivity (Wildman–Crippen MR) is 75.4 cm³/mol. The van der Waals surface area contributed by atoms with Crippen molar-refractivity contribution in [2.75, 3.05) is 4.90 Å². The number of hydrogen-bond acceptors (Lipinski definition) is 5. The minimum atomic E-state index is -0.654. The van der Waals surface area contributed by atoms with Crippen LogP contribution in [0.1, 0.15) is 0 Å². The van der Waals surface area contributed by atoms with Crippen molar-refractivity contribution in [1.82, 2.24) is 0 Å². The zero-order chi connectivity index (χ0) is 15.6. The molecule has 0 spiro atoms. The molecule has 0 radical (unpaired) electrons. The molecule has 8 heteroatoms. The van der Waals surface area contributed by atoms with Crippen LogP contribution in [0.3, 0.4) is 0 Å². The Balaban J connectivity index is 1.81. The fourth-order valence-corrected chi connectivity index (χ4v) is 3.54. The fraction of sp³-hybridized carbons (Fsp3) is 0.286. The molecule has 22 heavy (non-hydrogen) atoms. The summed E-state index contributed by atoms with van der Waals surface area (Å²) in [6.07, 6.45) is 2.67. The van der Waals surface area contributed by atoms with Gasteiger partial charge in [-0.15, -0.1) is 0 Å². The smallest absolute Gasteiger partial charge is 0.294 e. The average molecular weight is 321 g/mol. The molecule has 3 heterocycles. The molecule has 0 N–H and O–H groups in total. The standard InChI is InChI=1S/C14H9ClN2O5/c15-6-1-2-7(8(5-6)17(20)21)16-13(18)11-9-3-4-10(22-9)12(11)14(16)19/h1-5,9-12H/t9-,10-,11+,12+/m1/s1. The predicted octanol–water partition coefficient (Wildman–Crippen LogP) is 1.69. The SMILES string of the molecule is O=C1[C@@H]2[C@@H](C(=O)N1c1ccc(Cl)cc1[N+](=O)[O-])[C@H]1C=C[C@H]2O1. The molecule has 1 aromatic rings. The largest absolute Gasteiger partial charge is 0.365 e. The number of benzene rings is 1. The molecule has 0 aliphatic carbocycles. The maximum atomic E-state index is 12.6. The second-order valence-electron chi connectivity index (χ2n) is 5.40. The van der Waals surface area contributed by atoms with Crippen LogP contribution in [0.5, 0.6) is 0 Å². The van der Waals surface area contributed by atoms with E-state index in [1.165, 1.54) is 12.1 Å². The molecule has 0 aromatic heterocycles. The van der Waals surface area contributed by atoms with Crippen LogP contribution in [0.4, 0.5) is 11.4 Å². The third-order valence-corrected chi connectivity index (χ3v) is 4.52. The van der Waals surface area contributed by atoms with E-state index in [0.717, 1.165) is 11.0 Å². The van der Waals surface area contributed by atoms with Gasteiger partial charge in [-0.05, 0) is 12.1 Å². The lowest BCUT2D eigenvalue weighted by Crippen LogP contribution is -2.34. The Morgan fingerprint density at radius 2 is 1.73 bits per heavy atom. The quantitative estimate of drug-likeness (QED) is 0.358. The Kier molecular flexibility index (Phi) is 2.67. The Hall–Kier alpha value is -2.25. The Labute approximate surface area is 129 Å². The maximum Gasteiger partial charge on any atom is 0.294 e. The summed E-state index contributed by atoms with van der Waals surface area (Å²) in [5.41, 5.74) is -0.409. The topological polar surface area (TPSA) is 89.8 Å². The monoisotopic (exact) mass is 320 g/mol. The molecule has 3 aliphatic rings. The van der Waals surface area contributed by atoms with E-state index in [1.807, 2.05) is 0 Å². The number of imide groups is 1. The molecule has 0 unspecified atom stereocenters. The van der Waals surface area contributed by atoms with E-state index in [1.54, 1.807) is 12.2 Å². The first-order valence-corrected chi connectivity index (χ1v) is 7.02. The van der Waals surface area contributed by atoms with E-state index < -0.39 is 40.8 Å². The third-order valence-electron chi connectivity index (χ3n) is 4.29. The van der Waals surface area contributed by atoms with Crippen molar-refractivity contribution < 1.29 is 19.2 Å². The van der Waals surface area contributed by atoms with Crippen LogP contribution in [0.15, 0.2) is 30.4 Å². The van der Waals surface area contributed by atoms with Gasteiger partial charge in [0.1, 0.15) is 5.69 Å². The van der Waals surface area contributed by atoms with Crippen LogP contribution in [-0.2, 0) is 14.3 Å². The van der Waals surface area contributed by atoms with Gasteiger partial charge in [-0.3, -0.25) is 19.7 Å². The number of ether oxygens (including phenoxy) is 1. The summed E-state index contributed by atoms with van der Waals surface area (Å²) in [5, 5.41) is 11.4. The lowest BCUT2D eigenvalue weighted by atomic mass is 9.85. The van der Waals surface area contributed by atoms with Gasteiger partial charge < -0.3 is 4.74 Å². The molecule has 3 aliphatic heterocycles. The van der Waals surface area contributed by atoms with E-state index in [0.29, 0.717) is 0 Å². The number of hydrogen-bond donors (Lipinski definition) is 0. The molecule has 112 valence electrons. The van der Waals surface area contributed by atoms with E-state index in [9.17, 15) is 19.7 Å². The molecule has 4 rings (SSSR count). The number of anilines is 1. The molecular formula is C14H9ClN2O5. The average Bonchev–Trinajstić information content (AvgIpc) is 3.14. The van der Waals surface area contributed by atoms with Crippen molar-refractivity contribution in [1.29, 1.82) is 0 Å². The molecule has 7 nitrogen and oxygen atoms in total. The summed E-state index contributed by atoms with van der Waals surface area (Å²) in [6.45, 7) is 0. The second-order valence-corrected chi connectivity index (χ2v) is 5.84. The molecule has 2 bridgehead atoms. The first-order chi connectivity index (χ1) is 10.5. The first kappa shape index (κ1) is 13.4. The highest BCUT2D eigenvalue weighted by Gasteiger charge is 2.61.